The van der Waals surface area contributed by atoms with Gasteiger partial charge in [-0.3, -0.25) is 9.78 Å². The SMILES string of the molecule is Cc1nc2ccccc2c(C)c1CC(=O)NC[C@@H](c1cccs1)[NH+]1CCOCC1. The first-order chi connectivity index (χ1) is 14.1. The van der Waals surface area contributed by atoms with Crippen molar-refractivity contribution in [2.75, 3.05) is 32.8 Å². The number of amides is 1. The first-order valence-corrected chi connectivity index (χ1v) is 11.1. The molecule has 3 heterocycles. The lowest BCUT2D eigenvalue weighted by molar-refractivity contribution is -0.937. The zero-order valence-electron chi connectivity index (χ0n) is 17.0. The van der Waals surface area contributed by atoms with Gasteiger partial charge in [0, 0.05) is 11.1 Å². The number of para-hydroxylation sites is 1. The summed E-state index contributed by atoms with van der Waals surface area (Å²) in [5.41, 5.74) is 4.11. The van der Waals surface area contributed by atoms with Crippen molar-refractivity contribution in [2.45, 2.75) is 26.3 Å². The van der Waals surface area contributed by atoms with E-state index in [4.69, 9.17) is 9.72 Å². The van der Waals surface area contributed by atoms with Crippen LogP contribution in [0.25, 0.3) is 10.9 Å². The molecule has 152 valence electrons. The maximum atomic E-state index is 12.8. The van der Waals surface area contributed by atoms with Crippen LogP contribution in [0.5, 0.6) is 0 Å². The number of morpholine rings is 1. The fraction of sp³-hybridized carbons (Fsp3) is 0.391. The van der Waals surface area contributed by atoms with E-state index >= 15 is 0 Å². The van der Waals surface area contributed by atoms with Gasteiger partial charge in [-0.25, -0.2) is 0 Å². The van der Waals surface area contributed by atoms with Crippen molar-refractivity contribution >= 4 is 28.1 Å². The lowest BCUT2D eigenvalue weighted by Crippen LogP contribution is -3.15. The molecule has 1 saturated heterocycles. The summed E-state index contributed by atoms with van der Waals surface area (Å²) in [6, 6.07) is 12.7. The molecule has 0 spiro atoms. The lowest BCUT2D eigenvalue weighted by atomic mass is 9.99. The number of carbonyl (C=O) groups excluding carboxylic acids is 1. The van der Waals surface area contributed by atoms with Gasteiger partial charge in [0.05, 0.1) is 36.6 Å². The van der Waals surface area contributed by atoms with Crippen LogP contribution in [0.1, 0.15) is 27.7 Å². The van der Waals surface area contributed by atoms with Crippen LogP contribution in [-0.2, 0) is 16.0 Å². The van der Waals surface area contributed by atoms with Gasteiger partial charge in [0.2, 0.25) is 5.91 Å². The highest BCUT2D eigenvalue weighted by Crippen LogP contribution is 2.23. The molecule has 5 nitrogen and oxygen atoms in total. The standard InChI is InChI=1S/C23H27N3O2S/c1-16-18-6-3-4-7-20(18)25-17(2)19(16)14-23(27)24-15-21(22-8-5-13-29-22)26-9-11-28-12-10-26/h3-8,13,21H,9-12,14-15H2,1-2H3,(H,24,27)/p+1/t21-/m0/s1. The van der Waals surface area contributed by atoms with Crippen LogP contribution in [0.15, 0.2) is 41.8 Å². The Morgan fingerprint density at radius 1 is 1.21 bits per heavy atom. The normalized spacial score (nSPS) is 16.1. The monoisotopic (exact) mass is 410 g/mol. The number of benzene rings is 1. The molecule has 1 aliphatic rings. The maximum Gasteiger partial charge on any atom is 0.224 e. The number of aromatic nitrogens is 1. The summed E-state index contributed by atoms with van der Waals surface area (Å²) in [5, 5.41) is 6.43. The summed E-state index contributed by atoms with van der Waals surface area (Å²) in [6.07, 6.45) is 0.366. The van der Waals surface area contributed by atoms with E-state index in [2.05, 4.69) is 35.8 Å². The fourth-order valence-corrected chi connectivity index (χ4v) is 5.07. The van der Waals surface area contributed by atoms with E-state index in [1.54, 1.807) is 11.3 Å². The summed E-state index contributed by atoms with van der Waals surface area (Å²) in [7, 11) is 0. The molecule has 0 bridgehead atoms. The van der Waals surface area contributed by atoms with Crippen molar-refractivity contribution in [2.24, 2.45) is 0 Å². The van der Waals surface area contributed by atoms with Crippen LogP contribution in [0.3, 0.4) is 0 Å². The Hall–Kier alpha value is -2.28. The van der Waals surface area contributed by atoms with Crippen molar-refractivity contribution < 1.29 is 14.4 Å². The second-order valence-electron chi connectivity index (χ2n) is 7.64. The number of carbonyl (C=O) groups is 1. The van der Waals surface area contributed by atoms with Crippen LogP contribution < -0.4 is 10.2 Å². The number of nitrogens with one attached hydrogen (secondary N) is 2. The van der Waals surface area contributed by atoms with E-state index in [1.807, 2.05) is 25.1 Å². The average Bonchev–Trinajstić information content (AvgIpc) is 3.27. The summed E-state index contributed by atoms with van der Waals surface area (Å²) < 4.78 is 5.52. The highest BCUT2D eigenvalue weighted by Gasteiger charge is 2.27. The molecular formula is C23H28N3O2S+. The summed E-state index contributed by atoms with van der Waals surface area (Å²) in [6.45, 7) is 8.25. The third kappa shape index (κ3) is 4.50. The minimum Gasteiger partial charge on any atom is -0.370 e. The maximum absolute atomic E-state index is 12.8. The topological polar surface area (TPSA) is 55.7 Å². The highest BCUT2D eigenvalue weighted by molar-refractivity contribution is 7.10. The Morgan fingerprint density at radius 2 is 2.00 bits per heavy atom. The Morgan fingerprint density at radius 3 is 2.76 bits per heavy atom. The zero-order chi connectivity index (χ0) is 20.2. The molecule has 0 unspecified atom stereocenters. The van der Waals surface area contributed by atoms with Gasteiger partial charge < -0.3 is 15.0 Å². The number of aryl methyl sites for hydroxylation is 2. The molecule has 1 aromatic carbocycles. The number of hydrogen-bond acceptors (Lipinski definition) is 4. The molecule has 1 amide bonds. The van der Waals surface area contributed by atoms with E-state index in [0.717, 1.165) is 54.0 Å². The van der Waals surface area contributed by atoms with Gasteiger partial charge in [-0.2, -0.15) is 0 Å². The quantitative estimate of drug-likeness (QED) is 0.655. The van der Waals surface area contributed by atoms with Gasteiger partial charge in [-0.1, -0.05) is 24.3 Å². The third-order valence-electron chi connectivity index (χ3n) is 5.84. The second kappa shape index (κ2) is 9.03. The number of nitrogens with zero attached hydrogens (tertiary/aromatic N) is 1. The van der Waals surface area contributed by atoms with E-state index in [1.165, 1.54) is 9.78 Å². The highest BCUT2D eigenvalue weighted by atomic mass is 32.1. The molecule has 0 radical (unpaired) electrons. The van der Waals surface area contributed by atoms with E-state index in [-0.39, 0.29) is 11.9 Å². The average molecular weight is 411 g/mol. The fourth-order valence-electron chi connectivity index (χ4n) is 4.19. The molecule has 3 aromatic rings. The van der Waals surface area contributed by atoms with Crippen molar-refractivity contribution in [3.8, 4) is 0 Å². The molecule has 29 heavy (non-hydrogen) atoms. The van der Waals surface area contributed by atoms with E-state index in [9.17, 15) is 4.79 Å². The van der Waals surface area contributed by atoms with Gasteiger partial charge in [-0.05, 0) is 42.5 Å². The third-order valence-corrected chi connectivity index (χ3v) is 6.83. The summed E-state index contributed by atoms with van der Waals surface area (Å²) in [5.74, 6) is 0.0579. The van der Waals surface area contributed by atoms with Gasteiger partial charge >= 0.3 is 0 Å². The van der Waals surface area contributed by atoms with Crippen LogP contribution >= 0.6 is 11.3 Å². The lowest BCUT2D eigenvalue weighted by Gasteiger charge is -2.31. The van der Waals surface area contributed by atoms with Gasteiger partial charge in [0.1, 0.15) is 19.1 Å². The first kappa shape index (κ1) is 20.0. The van der Waals surface area contributed by atoms with Crippen molar-refractivity contribution in [1.82, 2.24) is 10.3 Å². The van der Waals surface area contributed by atoms with Crippen molar-refractivity contribution in [3.05, 3.63) is 63.5 Å². The van der Waals surface area contributed by atoms with Crippen LogP contribution in [-0.4, -0.2) is 43.7 Å². The number of quaternary nitrogens is 1. The Bertz CT molecular complexity index is 981. The Kier molecular flexibility index (Phi) is 6.23. The molecule has 1 atom stereocenters. The Labute approximate surface area is 175 Å². The summed E-state index contributed by atoms with van der Waals surface area (Å²) >= 11 is 1.76. The van der Waals surface area contributed by atoms with Crippen LogP contribution in [0.4, 0.5) is 0 Å². The molecule has 2 aromatic heterocycles. The van der Waals surface area contributed by atoms with E-state index in [0.29, 0.717) is 13.0 Å². The molecule has 0 aliphatic carbocycles. The predicted octanol–water partition coefficient (Wildman–Crippen LogP) is 2.23. The van der Waals surface area contributed by atoms with Gasteiger partial charge in [0.25, 0.3) is 0 Å². The number of hydrogen-bond donors (Lipinski definition) is 2. The molecule has 1 aliphatic heterocycles. The smallest absolute Gasteiger partial charge is 0.224 e. The number of rotatable bonds is 6. The van der Waals surface area contributed by atoms with Crippen LogP contribution in [0.2, 0.25) is 0 Å². The Balaban J connectivity index is 1.47. The number of thiophene rings is 1. The van der Waals surface area contributed by atoms with Crippen molar-refractivity contribution in [1.29, 1.82) is 0 Å². The number of pyridine rings is 1. The van der Waals surface area contributed by atoms with Gasteiger partial charge in [-0.15, -0.1) is 11.3 Å². The number of ether oxygens (including phenoxy) is 1. The second-order valence-corrected chi connectivity index (χ2v) is 8.62. The van der Waals surface area contributed by atoms with Crippen LogP contribution in [0, 0.1) is 13.8 Å². The zero-order valence-corrected chi connectivity index (χ0v) is 17.8. The van der Waals surface area contributed by atoms with Crippen molar-refractivity contribution in [3.63, 3.8) is 0 Å². The van der Waals surface area contributed by atoms with Gasteiger partial charge in [0.15, 0.2) is 0 Å². The molecule has 6 heteroatoms. The minimum absolute atomic E-state index is 0.0579. The minimum atomic E-state index is 0.0579. The molecule has 1 fully saturated rings. The predicted molar refractivity (Wildman–Crippen MR) is 117 cm³/mol. The van der Waals surface area contributed by atoms with E-state index < -0.39 is 0 Å². The molecule has 2 N–H and O–H groups in total. The number of fused-ring (bicyclic) bond motifs is 1. The molecular weight excluding hydrogens is 382 g/mol. The molecule has 4 rings (SSSR count). The molecule has 0 saturated carbocycles. The summed E-state index contributed by atoms with van der Waals surface area (Å²) in [4.78, 5) is 20.3. The largest absolute Gasteiger partial charge is 0.370 e. The first-order valence-electron chi connectivity index (χ1n) is 10.2.